The first-order valence-electron chi connectivity index (χ1n) is 10.7. The molecule has 35 heavy (non-hydrogen) atoms. The number of carbonyl (C=O) groups excluding carboxylic acids is 2. The molecule has 1 amide bonds. The van der Waals surface area contributed by atoms with Gasteiger partial charge in [-0.3, -0.25) is 4.79 Å². The van der Waals surface area contributed by atoms with Crippen molar-refractivity contribution in [3.8, 4) is 0 Å². The number of nitrogens with zero attached hydrogens (tertiary/aromatic N) is 2. The predicted molar refractivity (Wildman–Crippen MR) is 133 cm³/mol. The van der Waals surface area contributed by atoms with Gasteiger partial charge in [-0.1, -0.05) is 42.5 Å². The lowest BCUT2D eigenvalue weighted by Crippen LogP contribution is -2.45. The van der Waals surface area contributed by atoms with E-state index in [0.29, 0.717) is 11.2 Å². The SMILES string of the molecule is CCOC(=O)c1cccc(NC(=O)[C@H](Cc2ccccc2)NS(=O)(=O)c2cccc3nsnc23)c1. The first-order valence-corrected chi connectivity index (χ1v) is 12.9. The molecule has 0 unspecified atom stereocenters. The van der Waals surface area contributed by atoms with E-state index < -0.39 is 27.9 Å². The van der Waals surface area contributed by atoms with Gasteiger partial charge in [0, 0.05) is 5.69 Å². The van der Waals surface area contributed by atoms with Crippen LogP contribution in [0.1, 0.15) is 22.8 Å². The minimum atomic E-state index is -4.12. The van der Waals surface area contributed by atoms with Crippen LogP contribution in [0.25, 0.3) is 11.0 Å². The van der Waals surface area contributed by atoms with Crippen LogP contribution in [0.4, 0.5) is 5.69 Å². The zero-order valence-electron chi connectivity index (χ0n) is 18.7. The van der Waals surface area contributed by atoms with E-state index in [1.807, 2.05) is 18.2 Å². The first kappa shape index (κ1) is 24.5. The molecule has 0 radical (unpaired) electrons. The van der Waals surface area contributed by atoms with Crippen molar-refractivity contribution in [3.63, 3.8) is 0 Å². The van der Waals surface area contributed by atoms with E-state index in [-0.39, 0.29) is 29.0 Å². The second kappa shape index (κ2) is 10.7. The molecule has 4 rings (SSSR count). The number of esters is 1. The highest BCUT2D eigenvalue weighted by molar-refractivity contribution is 7.89. The second-order valence-electron chi connectivity index (χ2n) is 7.54. The summed E-state index contributed by atoms with van der Waals surface area (Å²) in [5.41, 5.74) is 2.07. The van der Waals surface area contributed by atoms with Crippen LogP contribution < -0.4 is 10.0 Å². The van der Waals surface area contributed by atoms with Crippen LogP contribution in [0.5, 0.6) is 0 Å². The molecule has 0 saturated heterocycles. The summed E-state index contributed by atoms with van der Waals surface area (Å²) in [6.45, 7) is 1.92. The molecule has 0 bridgehead atoms. The predicted octanol–water partition coefficient (Wildman–Crippen LogP) is 3.40. The van der Waals surface area contributed by atoms with E-state index >= 15 is 0 Å². The number of aromatic nitrogens is 2. The van der Waals surface area contributed by atoms with Crippen molar-refractivity contribution in [1.82, 2.24) is 13.5 Å². The Morgan fingerprint density at radius 2 is 1.77 bits per heavy atom. The Morgan fingerprint density at radius 1 is 1.00 bits per heavy atom. The van der Waals surface area contributed by atoms with Gasteiger partial charge in [0.25, 0.3) is 0 Å². The molecule has 9 nitrogen and oxygen atoms in total. The van der Waals surface area contributed by atoms with Crippen LogP contribution in [-0.2, 0) is 26.0 Å². The maximum absolute atomic E-state index is 13.3. The fraction of sp³-hybridized carbons (Fsp3) is 0.167. The van der Waals surface area contributed by atoms with Gasteiger partial charge in [-0.2, -0.15) is 13.5 Å². The molecule has 180 valence electrons. The molecule has 0 fully saturated rings. The minimum absolute atomic E-state index is 0.0566. The van der Waals surface area contributed by atoms with Gasteiger partial charge < -0.3 is 10.1 Å². The van der Waals surface area contributed by atoms with E-state index in [0.717, 1.165) is 17.3 Å². The number of anilines is 1. The number of hydrogen-bond donors (Lipinski definition) is 2. The summed E-state index contributed by atoms with van der Waals surface area (Å²) in [5, 5.41) is 2.71. The van der Waals surface area contributed by atoms with Crippen molar-refractivity contribution < 1.29 is 22.7 Å². The van der Waals surface area contributed by atoms with Crippen LogP contribution in [0.3, 0.4) is 0 Å². The van der Waals surface area contributed by atoms with Crippen LogP contribution in [-0.4, -0.2) is 41.7 Å². The lowest BCUT2D eigenvalue weighted by molar-refractivity contribution is -0.117. The second-order valence-corrected chi connectivity index (χ2v) is 9.75. The summed E-state index contributed by atoms with van der Waals surface area (Å²) in [4.78, 5) is 25.3. The van der Waals surface area contributed by atoms with Crippen molar-refractivity contribution in [1.29, 1.82) is 0 Å². The van der Waals surface area contributed by atoms with Crippen molar-refractivity contribution in [3.05, 3.63) is 83.9 Å². The first-order chi connectivity index (χ1) is 16.9. The van der Waals surface area contributed by atoms with E-state index in [2.05, 4.69) is 18.8 Å². The van der Waals surface area contributed by atoms with Crippen molar-refractivity contribution >= 4 is 50.3 Å². The molecule has 4 aromatic rings. The maximum Gasteiger partial charge on any atom is 0.338 e. The molecule has 0 aliphatic heterocycles. The van der Waals surface area contributed by atoms with Gasteiger partial charge >= 0.3 is 5.97 Å². The number of carbonyl (C=O) groups is 2. The van der Waals surface area contributed by atoms with Gasteiger partial charge in [-0.25, -0.2) is 13.2 Å². The summed E-state index contributed by atoms with van der Waals surface area (Å²) >= 11 is 0.911. The summed E-state index contributed by atoms with van der Waals surface area (Å²) in [6, 6.07) is 18.8. The molecule has 1 heterocycles. The average molecular weight is 511 g/mol. The Bertz CT molecular complexity index is 1460. The number of rotatable bonds is 9. The molecule has 11 heteroatoms. The van der Waals surface area contributed by atoms with Crippen molar-refractivity contribution in [2.75, 3.05) is 11.9 Å². The molecular weight excluding hydrogens is 488 g/mol. The summed E-state index contributed by atoms with van der Waals surface area (Å²) < 4.78 is 42.3. The average Bonchev–Trinajstić information content (AvgIpc) is 3.33. The topological polar surface area (TPSA) is 127 Å². The van der Waals surface area contributed by atoms with Gasteiger partial charge in [0.2, 0.25) is 15.9 Å². The monoisotopic (exact) mass is 510 g/mol. The molecule has 0 aliphatic rings. The van der Waals surface area contributed by atoms with Gasteiger partial charge in [0.05, 0.1) is 23.9 Å². The molecule has 0 saturated carbocycles. The Morgan fingerprint density at radius 3 is 2.54 bits per heavy atom. The number of nitrogens with one attached hydrogen (secondary N) is 2. The number of sulfonamides is 1. The van der Waals surface area contributed by atoms with E-state index in [1.165, 1.54) is 12.1 Å². The van der Waals surface area contributed by atoms with Gasteiger partial charge in [-0.15, -0.1) is 0 Å². The lowest BCUT2D eigenvalue weighted by atomic mass is 10.1. The maximum atomic E-state index is 13.3. The fourth-order valence-corrected chi connectivity index (χ4v) is 5.42. The number of amides is 1. The molecule has 1 aromatic heterocycles. The highest BCUT2D eigenvalue weighted by Crippen LogP contribution is 2.22. The van der Waals surface area contributed by atoms with E-state index in [1.54, 1.807) is 49.4 Å². The standard InChI is InChI=1S/C24H22N4O5S2/c1-2-33-24(30)17-10-6-11-18(15-17)25-23(29)20(14-16-8-4-3-5-9-16)28-35(31,32)21-13-7-12-19-22(21)27-34-26-19/h3-13,15,20,28H,2,14H2,1H3,(H,25,29)/t20-/m0/s1. The molecular formula is C24H22N4O5S2. The third-order valence-electron chi connectivity index (χ3n) is 5.08. The van der Waals surface area contributed by atoms with Crippen LogP contribution >= 0.6 is 11.7 Å². The van der Waals surface area contributed by atoms with E-state index in [4.69, 9.17) is 4.74 Å². The smallest absolute Gasteiger partial charge is 0.338 e. The van der Waals surface area contributed by atoms with Crippen LogP contribution in [0.15, 0.2) is 77.7 Å². The number of ether oxygens (including phenoxy) is 1. The molecule has 2 N–H and O–H groups in total. The molecule has 1 atom stereocenters. The molecule has 3 aromatic carbocycles. The molecule has 0 spiro atoms. The summed E-state index contributed by atoms with van der Waals surface area (Å²) in [6.07, 6.45) is 0.106. The summed E-state index contributed by atoms with van der Waals surface area (Å²) in [7, 11) is -4.12. The zero-order valence-corrected chi connectivity index (χ0v) is 20.3. The van der Waals surface area contributed by atoms with Gasteiger partial charge in [0.15, 0.2) is 0 Å². The van der Waals surface area contributed by atoms with E-state index in [9.17, 15) is 18.0 Å². The highest BCUT2D eigenvalue weighted by Gasteiger charge is 2.28. The highest BCUT2D eigenvalue weighted by atomic mass is 32.2. The van der Waals surface area contributed by atoms with Crippen LogP contribution in [0.2, 0.25) is 0 Å². The fourth-order valence-electron chi connectivity index (χ4n) is 3.45. The third kappa shape index (κ3) is 5.88. The minimum Gasteiger partial charge on any atom is -0.462 e. The normalized spacial score (nSPS) is 12.3. The quantitative estimate of drug-likeness (QED) is 0.330. The van der Waals surface area contributed by atoms with Gasteiger partial charge in [0.1, 0.15) is 22.0 Å². The zero-order chi connectivity index (χ0) is 24.8. The summed E-state index contributed by atoms with van der Waals surface area (Å²) in [5.74, 6) is -1.10. The Kier molecular flexibility index (Phi) is 7.49. The van der Waals surface area contributed by atoms with Crippen molar-refractivity contribution in [2.45, 2.75) is 24.3 Å². The molecule has 0 aliphatic carbocycles. The lowest BCUT2D eigenvalue weighted by Gasteiger charge is -2.19. The largest absolute Gasteiger partial charge is 0.462 e. The Labute approximate surface area is 206 Å². The number of benzene rings is 3. The van der Waals surface area contributed by atoms with Gasteiger partial charge in [-0.05, 0) is 49.2 Å². The van der Waals surface area contributed by atoms with Crippen LogP contribution in [0, 0.1) is 0 Å². The van der Waals surface area contributed by atoms with Crippen molar-refractivity contribution in [2.24, 2.45) is 0 Å². The Balaban J connectivity index is 1.62. The third-order valence-corrected chi connectivity index (χ3v) is 7.12. The Hall–Kier alpha value is -3.67. The number of hydrogen-bond acceptors (Lipinski definition) is 8. The number of fused-ring (bicyclic) bond motifs is 1.